The Morgan fingerprint density at radius 2 is 1.74 bits per heavy atom. The first-order valence-corrected chi connectivity index (χ1v) is 13.1. The first-order valence-electron chi connectivity index (χ1n) is 12.7. The number of aromatic nitrogens is 4. The number of benzene rings is 3. The molecule has 0 fully saturated rings. The number of nitro groups is 1. The third-order valence-electron chi connectivity index (χ3n) is 6.83. The van der Waals surface area contributed by atoms with Crippen molar-refractivity contribution in [3.8, 4) is 11.1 Å². The predicted molar refractivity (Wildman–Crippen MR) is 148 cm³/mol. The maximum absolute atomic E-state index is 14.5. The molecule has 43 heavy (non-hydrogen) atoms. The lowest BCUT2D eigenvalue weighted by molar-refractivity contribution is -0.384. The minimum Gasteiger partial charge on any atom is -0.439 e. The Labute approximate surface area is 245 Å². The number of carbonyl (C=O) groups excluding carboxylic acids is 1. The van der Waals surface area contributed by atoms with Crippen LogP contribution in [0.2, 0.25) is 5.15 Å². The molecule has 5 rings (SSSR count). The summed E-state index contributed by atoms with van der Waals surface area (Å²) in [6.45, 7) is 1.18. The molecule has 2 heterocycles. The fourth-order valence-electron chi connectivity index (χ4n) is 4.60. The molecule has 9 nitrogen and oxygen atoms in total. The number of nitrogens with zero attached hydrogens (tertiary/aromatic N) is 5. The summed E-state index contributed by atoms with van der Waals surface area (Å²) in [5, 5.41) is 19.3. The molecule has 0 radical (unpaired) electrons. The summed E-state index contributed by atoms with van der Waals surface area (Å²) in [4.78, 5) is 27.3. The number of rotatable bonds is 8. The normalized spacial score (nSPS) is 13.1. The standard InChI is InChI=1S/C29H20ClF4N5O4/c1-2-28(29(32,33)34,43-27(40)19-6-10-21(11-7-19)39(41)42)25-16-38(37-36-25)15-17-3-12-22-23(14-26(30)35-24(22)13-17)18-4-8-20(31)9-5-18/h3-14,16H,2,15H2,1H3. The van der Waals surface area contributed by atoms with Crippen molar-refractivity contribution < 1.29 is 32.0 Å². The van der Waals surface area contributed by atoms with E-state index in [9.17, 15) is 32.5 Å². The number of hydrogen-bond donors (Lipinski definition) is 0. The van der Waals surface area contributed by atoms with Crippen molar-refractivity contribution in [2.75, 3.05) is 0 Å². The van der Waals surface area contributed by atoms with Crippen LogP contribution < -0.4 is 0 Å². The van der Waals surface area contributed by atoms with Crippen LogP contribution in [-0.4, -0.2) is 37.0 Å². The second-order valence-corrected chi connectivity index (χ2v) is 9.91. The summed E-state index contributed by atoms with van der Waals surface area (Å²) in [5.41, 5.74) is -1.86. The minimum absolute atomic E-state index is 0.00301. The number of fused-ring (bicyclic) bond motifs is 1. The van der Waals surface area contributed by atoms with E-state index in [2.05, 4.69) is 15.3 Å². The van der Waals surface area contributed by atoms with E-state index in [0.717, 1.165) is 51.7 Å². The number of non-ortho nitro benzene ring substituents is 1. The highest BCUT2D eigenvalue weighted by Gasteiger charge is 2.60. The Hall–Kier alpha value is -4.91. The van der Waals surface area contributed by atoms with Gasteiger partial charge >= 0.3 is 12.1 Å². The molecule has 14 heteroatoms. The zero-order valence-corrected chi connectivity index (χ0v) is 22.9. The maximum atomic E-state index is 14.5. The van der Waals surface area contributed by atoms with Crippen molar-refractivity contribution in [2.45, 2.75) is 31.7 Å². The van der Waals surface area contributed by atoms with Gasteiger partial charge in [-0.05, 0) is 59.5 Å². The van der Waals surface area contributed by atoms with Crippen LogP contribution in [0.25, 0.3) is 22.0 Å². The number of pyridine rings is 1. The van der Waals surface area contributed by atoms with E-state index in [1.165, 1.54) is 19.1 Å². The van der Waals surface area contributed by atoms with E-state index in [1.807, 2.05) is 0 Å². The second kappa shape index (κ2) is 11.4. The molecule has 0 bridgehead atoms. The Morgan fingerprint density at radius 1 is 1.05 bits per heavy atom. The van der Waals surface area contributed by atoms with E-state index in [4.69, 9.17) is 16.3 Å². The fraction of sp³-hybridized carbons (Fsp3) is 0.172. The molecule has 0 spiro atoms. The van der Waals surface area contributed by atoms with Gasteiger partial charge in [0.1, 0.15) is 16.7 Å². The van der Waals surface area contributed by atoms with Gasteiger partial charge in [0.05, 0.1) is 28.7 Å². The summed E-state index contributed by atoms with van der Waals surface area (Å²) in [7, 11) is 0. The topological polar surface area (TPSA) is 113 Å². The van der Waals surface area contributed by atoms with Crippen LogP contribution in [0.1, 0.15) is 35.0 Å². The van der Waals surface area contributed by atoms with Crippen LogP contribution in [0.5, 0.6) is 0 Å². The van der Waals surface area contributed by atoms with Crippen molar-refractivity contribution in [3.05, 3.63) is 117 Å². The van der Waals surface area contributed by atoms with Crippen LogP contribution >= 0.6 is 11.6 Å². The number of hydrogen-bond acceptors (Lipinski definition) is 7. The lowest BCUT2D eigenvalue weighted by Gasteiger charge is -2.32. The molecule has 1 atom stereocenters. The van der Waals surface area contributed by atoms with Gasteiger partial charge in [-0.2, -0.15) is 13.2 Å². The number of carbonyl (C=O) groups is 1. The first kappa shape index (κ1) is 29.6. The monoisotopic (exact) mass is 613 g/mol. The number of ether oxygens (including phenoxy) is 1. The highest BCUT2D eigenvalue weighted by molar-refractivity contribution is 6.30. The van der Waals surface area contributed by atoms with E-state index in [-0.39, 0.29) is 28.8 Å². The lowest BCUT2D eigenvalue weighted by atomic mass is 9.95. The fourth-order valence-corrected chi connectivity index (χ4v) is 4.80. The Morgan fingerprint density at radius 3 is 2.37 bits per heavy atom. The zero-order chi connectivity index (χ0) is 30.9. The van der Waals surface area contributed by atoms with Gasteiger partial charge in [0.2, 0.25) is 0 Å². The Bertz CT molecular complexity index is 1830. The van der Waals surface area contributed by atoms with Crippen molar-refractivity contribution in [3.63, 3.8) is 0 Å². The third-order valence-corrected chi connectivity index (χ3v) is 7.03. The molecule has 1 unspecified atom stereocenters. The van der Waals surface area contributed by atoms with Crippen molar-refractivity contribution in [1.29, 1.82) is 0 Å². The van der Waals surface area contributed by atoms with Gasteiger partial charge in [-0.3, -0.25) is 10.1 Å². The van der Waals surface area contributed by atoms with Crippen molar-refractivity contribution >= 4 is 34.2 Å². The van der Waals surface area contributed by atoms with E-state index < -0.39 is 34.8 Å². The van der Waals surface area contributed by atoms with E-state index >= 15 is 0 Å². The van der Waals surface area contributed by atoms with Crippen LogP contribution in [0.3, 0.4) is 0 Å². The summed E-state index contributed by atoms with van der Waals surface area (Å²) >= 11 is 6.25. The van der Waals surface area contributed by atoms with Crippen LogP contribution in [-0.2, 0) is 16.9 Å². The van der Waals surface area contributed by atoms with Crippen LogP contribution in [0, 0.1) is 15.9 Å². The molecule has 0 saturated carbocycles. The Kier molecular flexibility index (Phi) is 7.84. The van der Waals surface area contributed by atoms with E-state index in [1.54, 1.807) is 36.4 Å². The van der Waals surface area contributed by atoms with Crippen LogP contribution in [0.15, 0.2) is 79.0 Å². The van der Waals surface area contributed by atoms with Crippen molar-refractivity contribution in [1.82, 2.24) is 20.0 Å². The zero-order valence-electron chi connectivity index (χ0n) is 22.2. The molecule has 3 aromatic carbocycles. The Balaban J connectivity index is 1.44. The van der Waals surface area contributed by atoms with Crippen molar-refractivity contribution in [2.24, 2.45) is 0 Å². The SMILES string of the molecule is CCC(OC(=O)c1ccc([N+](=O)[O-])cc1)(c1cn(Cc2ccc3c(-c4ccc(F)cc4)cc(Cl)nc3c2)nn1)C(F)(F)F. The molecule has 0 aliphatic heterocycles. The average molecular weight is 614 g/mol. The highest BCUT2D eigenvalue weighted by Crippen LogP contribution is 2.44. The predicted octanol–water partition coefficient (Wildman–Crippen LogP) is 7.27. The third kappa shape index (κ3) is 5.89. The number of esters is 1. The van der Waals surface area contributed by atoms with E-state index in [0.29, 0.717) is 11.1 Å². The number of halogens is 5. The molecular weight excluding hydrogens is 594 g/mol. The summed E-state index contributed by atoms with van der Waals surface area (Å²) in [5.74, 6) is -1.72. The lowest BCUT2D eigenvalue weighted by Crippen LogP contribution is -2.46. The average Bonchev–Trinajstić information content (AvgIpc) is 3.43. The molecule has 0 amide bonds. The maximum Gasteiger partial charge on any atom is 0.434 e. The molecule has 0 aliphatic carbocycles. The largest absolute Gasteiger partial charge is 0.439 e. The molecule has 0 N–H and O–H groups in total. The molecule has 0 saturated heterocycles. The van der Waals surface area contributed by atoms with Gasteiger partial charge in [0.15, 0.2) is 0 Å². The quantitative estimate of drug-likeness (QED) is 0.0595. The van der Waals surface area contributed by atoms with Gasteiger partial charge in [0, 0.05) is 17.5 Å². The first-order chi connectivity index (χ1) is 20.4. The smallest absolute Gasteiger partial charge is 0.434 e. The number of alkyl halides is 3. The molecule has 0 aliphatic rings. The summed E-state index contributed by atoms with van der Waals surface area (Å²) in [6, 6.07) is 16.7. The minimum atomic E-state index is -5.07. The van der Waals surface area contributed by atoms with Crippen LogP contribution in [0.4, 0.5) is 23.2 Å². The van der Waals surface area contributed by atoms with Gasteiger partial charge in [-0.15, -0.1) is 5.10 Å². The molecular formula is C29H20ClF4N5O4. The number of nitro benzene ring substituents is 1. The van der Waals surface area contributed by atoms with Gasteiger partial charge < -0.3 is 4.74 Å². The molecule has 220 valence electrons. The highest BCUT2D eigenvalue weighted by atomic mass is 35.5. The van der Waals surface area contributed by atoms with Gasteiger partial charge in [0.25, 0.3) is 11.3 Å². The summed E-state index contributed by atoms with van der Waals surface area (Å²) in [6.07, 6.45) is -4.74. The van der Waals surface area contributed by atoms with Gasteiger partial charge in [-0.25, -0.2) is 18.9 Å². The molecule has 2 aromatic heterocycles. The summed E-state index contributed by atoms with van der Waals surface area (Å²) < 4.78 is 63.0. The molecule has 5 aromatic rings. The second-order valence-electron chi connectivity index (χ2n) is 9.52. The van der Waals surface area contributed by atoms with Gasteiger partial charge in [-0.1, -0.05) is 48.0 Å².